The SMILES string of the molecule is CCOc1ccc(CC(=O)O)cc1-c1ccc(F)c2c1CN(C(=O)C[C@@H](C)c1ccccn1)CC2. The van der Waals surface area contributed by atoms with E-state index in [2.05, 4.69) is 4.98 Å². The van der Waals surface area contributed by atoms with Crippen molar-refractivity contribution in [2.45, 2.75) is 45.6 Å². The van der Waals surface area contributed by atoms with Crippen LogP contribution in [0.1, 0.15) is 48.6 Å². The first kappa shape index (κ1) is 24.4. The molecule has 1 aliphatic heterocycles. The first-order chi connectivity index (χ1) is 16.9. The van der Waals surface area contributed by atoms with Gasteiger partial charge in [-0.3, -0.25) is 14.6 Å². The van der Waals surface area contributed by atoms with E-state index in [1.54, 1.807) is 35.4 Å². The molecule has 1 N–H and O–H groups in total. The summed E-state index contributed by atoms with van der Waals surface area (Å²) in [6.07, 6.45) is 2.32. The molecule has 2 aromatic carbocycles. The van der Waals surface area contributed by atoms with Crippen molar-refractivity contribution in [2.24, 2.45) is 0 Å². The molecular weight excluding hydrogens is 447 g/mol. The highest BCUT2D eigenvalue weighted by Crippen LogP contribution is 2.38. The van der Waals surface area contributed by atoms with Crippen molar-refractivity contribution in [3.05, 3.63) is 82.9 Å². The summed E-state index contributed by atoms with van der Waals surface area (Å²) in [5.74, 6) is -0.664. The van der Waals surface area contributed by atoms with E-state index in [9.17, 15) is 19.1 Å². The van der Waals surface area contributed by atoms with Gasteiger partial charge in [-0.05, 0) is 65.9 Å². The lowest BCUT2D eigenvalue weighted by Crippen LogP contribution is -2.37. The van der Waals surface area contributed by atoms with Gasteiger partial charge in [0.15, 0.2) is 0 Å². The van der Waals surface area contributed by atoms with E-state index in [0.29, 0.717) is 48.4 Å². The minimum atomic E-state index is -0.931. The van der Waals surface area contributed by atoms with Gasteiger partial charge in [0.25, 0.3) is 0 Å². The summed E-state index contributed by atoms with van der Waals surface area (Å²) in [5.41, 5.74) is 4.29. The normalized spacial score (nSPS) is 13.7. The number of nitrogens with zero attached hydrogens (tertiary/aromatic N) is 2. The van der Waals surface area contributed by atoms with Gasteiger partial charge in [-0.25, -0.2) is 4.39 Å². The number of carbonyl (C=O) groups is 2. The van der Waals surface area contributed by atoms with E-state index in [0.717, 1.165) is 16.8 Å². The Bertz CT molecular complexity index is 1230. The summed E-state index contributed by atoms with van der Waals surface area (Å²) in [5, 5.41) is 9.25. The Labute approximate surface area is 204 Å². The first-order valence-corrected chi connectivity index (χ1v) is 11.8. The summed E-state index contributed by atoms with van der Waals surface area (Å²) in [4.78, 5) is 30.6. The van der Waals surface area contributed by atoms with E-state index >= 15 is 0 Å². The molecule has 0 spiro atoms. The van der Waals surface area contributed by atoms with E-state index in [1.165, 1.54) is 6.07 Å². The van der Waals surface area contributed by atoms with Crippen LogP contribution < -0.4 is 4.74 Å². The lowest BCUT2D eigenvalue weighted by Gasteiger charge is -2.32. The fraction of sp³-hybridized carbons (Fsp3) is 0.321. The van der Waals surface area contributed by atoms with E-state index in [-0.39, 0.29) is 30.6 Å². The number of carboxylic acids is 1. The van der Waals surface area contributed by atoms with E-state index in [1.807, 2.05) is 32.0 Å². The summed E-state index contributed by atoms with van der Waals surface area (Å²) >= 11 is 0. The Balaban J connectivity index is 1.66. The van der Waals surface area contributed by atoms with Crippen molar-refractivity contribution in [1.29, 1.82) is 0 Å². The fourth-order valence-corrected chi connectivity index (χ4v) is 4.61. The second-order valence-electron chi connectivity index (χ2n) is 8.81. The third kappa shape index (κ3) is 5.50. The molecule has 1 amide bonds. The summed E-state index contributed by atoms with van der Waals surface area (Å²) in [6, 6.07) is 14.1. The summed E-state index contributed by atoms with van der Waals surface area (Å²) in [7, 11) is 0. The molecule has 35 heavy (non-hydrogen) atoms. The number of rotatable bonds is 8. The molecule has 0 bridgehead atoms. The average molecular weight is 477 g/mol. The average Bonchev–Trinajstić information content (AvgIpc) is 2.85. The minimum Gasteiger partial charge on any atom is -0.493 e. The van der Waals surface area contributed by atoms with Crippen LogP contribution in [0.5, 0.6) is 5.75 Å². The molecule has 0 fully saturated rings. The second kappa shape index (κ2) is 10.7. The Morgan fingerprint density at radius 2 is 1.97 bits per heavy atom. The van der Waals surface area contributed by atoms with Gasteiger partial charge in [0, 0.05) is 42.9 Å². The van der Waals surface area contributed by atoms with Crippen LogP contribution in [0.15, 0.2) is 54.7 Å². The Hall–Kier alpha value is -3.74. The molecule has 7 heteroatoms. The summed E-state index contributed by atoms with van der Waals surface area (Å²) < 4.78 is 20.6. The first-order valence-electron chi connectivity index (χ1n) is 11.8. The zero-order chi connectivity index (χ0) is 24.9. The number of hydrogen-bond donors (Lipinski definition) is 1. The number of carbonyl (C=O) groups excluding carboxylic acids is 1. The van der Waals surface area contributed by atoms with Crippen LogP contribution >= 0.6 is 0 Å². The zero-order valence-corrected chi connectivity index (χ0v) is 20.0. The van der Waals surface area contributed by atoms with Crippen molar-refractivity contribution in [3.8, 4) is 16.9 Å². The molecule has 1 aromatic heterocycles. The molecule has 3 aromatic rings. The number of carboxylic acid groups (broad SMARTS) is 1. The van der Waals surface area contributed by atoms with Crippen LogP contribution in [0, 0.1) is 5.82 Å². The fourth-order valence-electron chi connectivity index (χ4n) is 4.61. The van der Waals surface area contributed by atoms with Gasteiger partial charge in [0.1, 0.15) is 11.6 Å². The largest absolute Gasteiger partial charge is 0.493 e. The highest BCUT2D eigenvalue weighted by atomic mass is 19.1. The number of amides is 1. The van der Waals surface area contributed by atoms with Crippen molar-refractivity contribution in [2.75, 3.05) is 13.2 Å². The molecule has 0 saturated carbocycles. The molecular formula is C28H29FN2O4. The van der Waals surface area contributed by atoms with Crippen LogP contribution in [0.25, 0.3) is 11.1 Å². The van der Waals surface area contributed by atoms with E-state index in [4.69, 9.17) is 4.74 Å². The highest BCUT2D eigenvalue weighted by molar-refractivity contribution is 5.80. The Morgan fingerprint density at radius 3 is 2.69 bits per heavy atom. The van der Waals surface area contributed by atoms with Crippen LogP contribution in [-0.2, 0) is 29.0 Å². The second-order valence-corrected chi connectivity index (χ2v) is 8.81. The van der Waals surface area contributed by atoms with Crippen LogP contribution in [0.2, 0.25) is 0 Å². The molecule has 4 rings (SSSR count). The van der Waals surface area contributed by atoms with Gasteiger partial charge in [-0.1, -0.05) is 25.1 Å². The van der Waals surface area contributed by atoms with Crippen LogP contribution in [0.4, 0.5) is 4.39 Å². The van der Waals surface area contributed by atoms with Crippen LogP contribution in [0.3, 0.4) is 0 Å². The quantitative estimate of drug-likeness (QED) is 0.495. The maximum Gasteiger partial charge on any atom is 0.307 e. The molecule has 0 saturated heterocycles. The van der Waals surface area contributed by atoms with Gasteiger partial charge in [-0.2, -0.15) is 0 Å². The Kier molecular flexibility index (Phi) is 7.44. The lowest BCUT2D eigenvalue weighted by atomic mass is 9.89. The molecule has 0 unspecified atom stereocenters. The predicted molar refractivity (Wildman–Crippen MR) is 131 cm³/mol. The maximum absolute atomic E-state index is 14.8. The topological polar surface area (TPSA) is 79.7 Å². The van der Waals surface area contributed by atoms with Crippen molar-refractivity contribution in [1.82, 2.24) is 9.88 Å². The number of aromatic nitrogens is 1. The molecule has 0 aliphatic carbocycles. The minimum absolute atomic E-state index is 0.00586. The summed E-state index contributed by atoms with van der Waals surface area (Å²) in [6.45, 7) is 5.01. The number of halogens is 1. The van der Waals surface area contributed by atoms with Crippen molar-refractivity contribution in [3.63, 3.8) is 0 Å². The predicted octanol–water partition coefficient (Wildman–Crippen LogP) is 4.99. The zero-order valence-electron chi connectivity index (χ0n) is 20.0. The number of hydrogen-bond acceptors (Lipinski definition) is 4. The molecule has 6 nitrogen and oxygen atoms in total. The van der Waals surface area contributed by atoms with Gasteiger partial charge in [0.2, 0.25) is 5.91 Å². The molecule has 1 aliphatic rings. The third-order valence-electron chi connectivity index (χ3n) is 6.37. The number of ether oxygens (including phenoxy) is 1. The third-order valence-corrected chi connectivity index (χ3v) is 6.37. The van der Waals surface area contributed by atoms with Crippen LogP contribution in [-0.4, -0.2) is 40.0 Å². The number of fused-ring (bicyclic) bond motifs is 1. The van der Waals surface area contributed by atoms with Gasteiger partial charge < -0.3 is 14.7 Å². The smallest absolute Gasteiger partial charge is 0.307 e. The number of pyridine rings is 1. The molecule has 2 heterocycles. The monoisotopic (exact) mass is 476 g/mol. The lowest BCUT2D eigenvalue weighted by molar-refractivity contribution is -0.136. The van der Waals surface area contributed by atoms with E-state index < -0.39 is 5.97 Å². The van der Waals surface area contributed by atoms with Gasteiger partial charge in [-0.15, -0.1) is 0 Å². The number of aliphatic carboxylic acids is 1. The molecule has 182 valence electrons. The van der Waals surface area contributed by atoms with Crippen molar-refractivity contribution < 1.29 is 23.8 Å². The highest BCUT2D eigenvalue weighted by Gasteiger charge is 2.27. The van der Waals surface area contributed by atoms with Crippen molar-refractivity contribution >= 4 is 11.9 Å². The maximum atomic E-state index is 14.8. The van der Waals surface area contributed by atoms with Gasteiger partial charge >= 0.3 is 5.97 Å². The standard InChI is InChI=1S/C28H29FN2O4/c1-3-35-26-10-7-19(16-28(33)34)15-22(26)20-8-9-24(29)21-11-13-31(17-23(20)21)27(32)14-18(2)25-6-4-5-12-30-25/h4-10,12,15,18H,3,11,13-14,16-17H2,1-2H3,(H,33,34)/t18-/m1/s1. The molecule has 0 radical (unpaired) electrons. The number of benzene rings is 2. The Morgan fingerprint density at radius 1 is 1.14 bits per heavy atom. The molecule has 1 atom stereocenters. The van der Waals surface area contributed by atoms with Gasteiger partial charge in [0.05, 0.1) is 13.0 Å².